The predicted octanol–water partition coefficient (Wildman–Crippen LogP) is 2.19. The molecule has 0 saturated carbocycles. The first-order valence-electron chi connectivity index (χ1n) is 9.47. The van der Waals surface area contributed by atoms with Gasteiger partial charge in [-0.15, -0.1) is 0 Å². The van der Waals surface area contributed by atoms with E-state index in [1.807, 2.05) is 12.1 Å². The lowest BCUT2D eigenvalue weighted by molar-refractivity contribution is -0.145. The summed E-state index contributed by atoms with van der Waals surface area (Å²) in [7, 11) is 1.21. The van der Waals surface area contributed by atoms with Crippen LogP contribution in [0.15, 0.2) is 36.4 Å². The normalized spacial score (nSPS) is 18.2. The van der Waals surface area contributed by atoms with Gasteiger partial charge >= 0.3 is 5.97 Å². The van der Waals surface area contributed by atoms with Crippen LogP contribution in [-0.2, 0) is 32.3 Å². The quantitative estimate of drug-likeness (QED) is 0.515. The van der Waals surface area contributed by atoms with E-state index in [0.29, 0.717) is 35.7 Å². The van der Waals surface area contributed by atoms with Crippen LogP contribution >= 0.6 is 0 Å². The van der Waals surface area contributed by atoms with Crippen LogP contribution in [0.3, 0.4) is 0 Å². The Morgan fingerprint density at radius 2 is 2.00 bits per heavy atom. The first-order chi connectivity index (χ1) is 14.4. The standard InChI is InChI=1S/C22H21FN2O5/c1-11(26)19(22(28)29-2)25-20(12-3-4-13-9-30-10-14(13)7-12)18-16-8-15(23)5-6-17(16)24-21(18)27/h3-8,11,19,25-26H,9-10H2,1-2H3,(H,24,27). The Kier molecular flexibility index (Phi) is 5.27. The first kappa shape index (κ1) is 20.1. The van der Waals surface area contributed by atoms with E-state index in [1.165, 1.54) is 32.2 Å². The molecule has 156 valence electrons. The summed E-state index contributed by atoms with van der Waals surface area (Å²) in [5.41, 5.74) is 3.90. The number of ether oxygens (including phenoxy) is 2. The fourth-order valence-corrected chi connectivity index (χ4v) is 3.67. The van der Waals surface area contributed by atoms with Crippen LogP contribution in [0.1, 0.15) is 29.2 Å². The molecular weight excluding hydrogens is 391 g/mol. The number of esters is 1. The number of benzene rings is 2. The summed E-state index contributed by atoms with van der Waals surface area (Å²) in [6.07, 6.45) is -1.11. The van der Waals surface area contributed by atoms with E-state index >= 15 is 0 Å². The molecule has 30 heavy (non-hydrogen) atoms. The monoisotopic (exact) mass is 412 g/mol. The van der Waals surface area contributed by atoms with Gasteiger partial charge in [-0.25, -0.2) is 9.18 Å². The van der Waals surface area contributed by atoms with Crippen molar-refractivity contribution < 1.29 is 28.6 Å². The highest BCUT2D eigenvalue weighted by Gasteiger charge is 2.33. The minimum Gasteiger partial charge on any atom is -0.467 e. The highest BCUT2D eigenvalue weighted by molar-refractivity contribution is 6.36. The van der Waals surface area contributed by atoms with Crippen molar-refractivity contribution in [2.75, 3.05) is 12.4 Å². The van der Waals surface area contributed by atoms with Gasteiger partial charge in [-0.1, -0.05) is 12.1 Å². The molecule has 1 amide bonds. The van der Waals surface area contributed by atoms with Gasteiger partial charge in [-0.2, -0.15) is 0 Å². The van der Waals surface area contributed by atoms with E-state index in [1.54, 1.807) is 6.07 Å². The summed E-state index contributed by atoms with van der Waals surface area (Å²) in [6, 6.07) is 8.41. The maximum atomic E-state index is 14.0. The smallest absolute Gasteiger partial charge is 0.330 e. The van der Waals surface area contributed by atoms with Gasteiger partial charge in [-0.05, 0) is 47.9 Å². The topological polar surface area (TPSA) is 96.9 Å². The van der Waals surface area contributed by atoms with Crippen molar-refractivity contribution in [3.05, 3.63) is 64.5 Å². The largest absolute Gasteiger partial charge is 0.467 e. The van der Waals surface area contributed by atoms with Crippen molar-refractivity contribution in [1.82, 2.24) is 5.32 Å². The third-order valence-electron chi connectivity index (χ3n) is 5.22. The first-order valence-corrected chi connectivity index (χ1v) is 9.47. The predicted molar refractivity (Wildman–Crippen MR) is 107 cm³/mol. The number of halogens is 1. The number of fused-ring (bicyclic) bond motifs is 2. The van der Waals surface area contributed by atoms with Crippen LogP contribution in [0.25, 0.3) is 11.3 Å². The van der Waals surface area contributed by atoms with E-state index in [-0.39, 0.29) is 5.57 Å². The van der Waals surface area contributed by atoms with Crippen LogP contribution in [-0.4, -0.2) is 36.2 Å². The molecule has 2 atom stereocenters. The molecule has 0 fully saturated rings. The number of aliphatic hydroxyl groups excluding tert-OH is 1. The van der Waals surface area contributed by atoms with E-state index < -0.39 is 29.8 Å². The van der Waals surface area contributed by atoms with Gasteiger partial charge in [0.1, 0.15) is 5.82 Å². The number of anilines is 1. The number of rotatable bonds is 5. The number of nitrogens with one attached hydrogen (secondary N) is 2. The van der Waals surface area contributed by atoms with Crippen molar-refractivity contribution in [3.63, 3.8) is 0 Å². The lowest BCUT2D eigenvalue weighted by atomic mass is 9.96. The zero-order chi connectivity index (χ0) is 21.4. The van der Waals surface area contributed by atoms with Crippen molar-refractivity contribution in [3.8, 4) is 0 Å². The van der Waals surface area contributed by atoms with Gasteiger partial charge in [0.05, 0.1) is 37.7 Å². The minimum absolute atomic E-state index is 0.179. The summed E-state index contributed by atoms with van der Waals surface area (Å²) >= 11 is 0. The van der Waals surface area contributed by atoms with Gasteiger partial charge < -0.3 is 25.2 Å². The number of amides is 1. The molecule has 0 spiro atoms. The zero-order valence-corrected chi connectivity index (χ0v) is 16.5. The second-order valence-corrected chi connectivity index (χ2v) is 7.26. The average Bonchev–Trinajstić information content (AvgIpc) is 3.31. The maximum Gasteiger partial charge on any atom is 0.330 e. The Labute approximate surface area is 172 Å². The van der Waals surface area contributed by atoms with Crippen LogP contribution in [0.4, 0.5) is 10.1 Å². The number of hydrogen-bond acceptors (Lipinski definition) is 6. The third-order valence-corrected chi connectivity index (χ3v) is 5.22. The molecule has 8 heteroatoms. The Hall–Kier alpha value is -3.23. The zero-order valence-electron chi connectivity index (χ0n) is 16.5. The van der Waals surface area contributed by atoms with E-state index in [0.717, 1.165) is 11.1 Å². The van der Waals surface area contributed by atoms with E-state index in [2.05, 4.69) is 10.6 Å². The molecule has 4 rings (SSSR count). The van der Waals surface area contributed by atoms with Gasteiger partial charge in [-0.3, -0.25) is 4.79 Å². The van der Waals surface area contributed by atoms with Gasteiger partial charge in [0, 0.05) is 11.3 Å². The molecule has 2 aromatic rings. The lowest BCUT2D eigenvalue weighted by Crippen LogP contribution is -2.45. The molecule has 2 unspecified atom stereocenters. The SMILES string of the molecule is COC(=O)C(NC(=C1C(=O)Nc2ccc(F)cc21)c1ccc2c(c1)COC2)C(C)O. The Morgan fingerprint density at radius 1 is 1.23 bits per heavy atom. The summed E-state index contributed by atoms with van der Waals surface area (Å²) in [6.45, 7) is 2.37. The van der Waals surface area contributed by atoms with Crippen molar-refractivity contribution in [2.45, 2.75) is 32.3 Å². The Morgan fingerprint density at radius 3 is 2.73 bits per heavy atom. The molecule has 7 nitrogen and oxygen atoms in total. The molecule has 2 aromatic carbocycles. The molecular formula is C22H21FN2O5. The molecule has 0 saturated heterocycles. The number of aliphatic hydroxyl groups is 1. The highest BCUT2D eigenvalue weighted by atomic mass is 19.1. The van der Waals surface area contributed by atoms with Gasteiger partial charge in [0.15, 0.2) is 6.04 Å². The molecule has 2 aliphatic heterocycles. The number of methoxy groups -OCH3 is 1. The number of hydrogen-bond donors (Lipinski definition) is 3. The third kappa shape index (κ3) is 3.55. The van der Waals surface area contributed by atoms with Crippen LogP contribution in [0.2, 0.25) is 0 Å². The molecule has 0 aromatic heterocycles. The Bertz CT molecular complexity index is 1060. The fraction of sp³-hybridized carbons (Fsp3) is 0.273. The summed E-state index contributed by atoms with van der Waals surface area (Å²) in [5.74, 6) is -1.63. The van der Waals surface area contributed by atoms with Gasteiger partial charge in [0.2, 0.25) is 0 Å². The van der Waals surface area contributed by atoms with E-state index in [9.17, 15) is 19.1 Å². The van der Waals surface area contributed by atoms with Crippen LogP contribution in [0.5, 0.6) is 0 Å². The van der Waals surface area contributed by atoms with Crippen molar-refractivity contribution in [1.29, 1.82) is 0 Å². The van der Waals surface area contributed by atoms with Crippen LogP contribution in [0, 0.1) is 5.82 Å². The molecule has 2 aliphatic rings. The van der Waals surface area contributed by atoms with Crippen molar-refractivity contribution >= 4 is 28.8 Å². The fourth-order valence-electron chi connectivity index (χ4n) is 3.67. The molecule has 0 radical (unpaired) electrons. The van der Waals surface area contributed by atoms with Crippen molar-refractivity contribution in [2.24, 2.45) is 0 Å². The number of carbonyl (C=O) groups excluding carboxylic acids is 2. The summed E-state index contributed by atoms with van der Waals surface area (Å²) in [5, 5.41) is 15.8. The molecule has 0 bridgehead atoms. The van der Waals surface area contributed by atoms with Crippen LogP contribution < -0.4 is 10.6 Å². The lowest BCUT2D eigenvalue weighted by Gasteiger charge is -2.24. The molecule has 0 aliphatic carbocycles. The molecule has 3 N–H and O–H groups in total. The molecule has 2 heterocycles. The second kappa shape index (κ2) is 7.89. The second-order valence-electron chi connectivity index (χ2n) is 7.26. The summed E-state index contributed by atoms with van der Waals surface area (Å²) < 4.78 is 24.2. The number of carbonyl (C=O) groups is 2. The summed E-state index contributed by atoms with van der Waals surface area (Å²) in [4.78, 5) is 25.1. The van der Waals surface area contributed by atoms with Gasteiger partial charge in [0.25, 0.3) is 5.91 Å². The maximum absolute atomic E-state index is 14.0. The Balaban J connectivity index is 1.91. The van der Waals surface area contributed by atoms with E-state index in [4.69, 9.17) is 9.47 Å². The average molecular weight is 412 g/mol. The highest BCUT2D eigenvalue weighted by Crippen LogP contribution is 2.37. The minimum atomic E-state index is -1.13.